The van der Waals surface area contributed by atoms with Crippen molar-refractivity contribution in [1.82, 2.24) is 0 Å². The lowest BCUT2D eigenvalue weighted by molar-refractivity contribution is -0.384. The lowest BCUT2D eigenvalue weighted by atomic mass is 10.0. The summed E-state index contributed by atoms with van der Waals surface area (Å²) in [5, 5.41) is 23.7. The maximum atomic E-state index is 12.3. The SMILES string of the molecule is CCOc1cc(/C=C(\C#N)c2ccc([N+](=O)[O-])cc2)ccc1OCC(=O)Nc1ccc(C)c(Cl)c1. The van der Waals surface area contributed by atoms with Crippen LogP contribution in [0.25, 0.3) is 11.6 Å². The zero-order chi connectivity index (χ0) is 25.4. The summed E-state index contributed by atoms with van der Waals surface area (Å²) in [7, 11) is 0. The molecule has 0 radical (unpaired) electrons. The Labute approximate surface area is 207 Å². The highest BCUT2D eigenvalue weighted by Crippen LogP contribution is 2.30. The predicted molar refractivity (Wildman–Crippen MR) is 135 cm³/mol. The largest absolute Gasteiger partial charge is 0.490 e. The van der Waals surface area contributed by atoms with Crippen LogP contribution >= 0.6 is 11.6 Å². The van der Waals surface area contributed by atoms with Gasteiger partial charge in [-0.3, -0.25) is 14.9 Å². The Balaban J connectivity index is 1.74. The molecule has 3 aromatic rings. The molecule has 0 saturated heterocycles. The third-order valence-electron chi connectivity index (χ3n) is 4.90. The van der Waals surface area contributed by atoms with Crippen LogP contribution in [0.15, 0.2) is 60.7 Å². The number of nitriles is 1. The zero-order valence-corrected chi connectivity index (χ0v) is 19.8. The smallest absolute Gasteiger partial charge is 0.269 e. The van der Waals surface area contributed by atoms with E-state index in [9.17, 15) is 20.2 Å². The van der Waals surface area contributed by atoms with Crippen LogP contribution < -0.4 is 14.8 Å². The maximum Gasteiger partial charge on any atom is 0.269 e. The van der Waals surface area contributed by atoms with E-state index in [4.69, 9.17) is 21.1 Å². The van der Waals surface area contributed by atoms with Gasteiger partial charge in [-0.2, -0.15) is 5.26 Å². The van der Waals surface area contributed by atoms with E-state index in [1.54, 1.807) is 36.4 Å². The van der Waals surface area contributed by atoms with Gasteiger partial charge in [0.2, 0.25) is 0 Å². The van der Waals surface area contributed by atoms with Crippen molar-refractivity contribution in [3.8, 4) is 17.6 Å². The summed E-state index contributed by atoms with van der Waals surface area (Å²) in [6, 6.07) is 18.1. The van der Waals surface area contributed by atoms with E-state index in [-0.39, 0.29) is 18.2 Å². The number of nitrogens with zero attached hydrogens (tertiary/aromatic N) is 2. The van der Waals surface area contributed by atoms with E-state index < -0.39 is 4.92 Å². The minimum absolute atomic E-state index is 0.0549. The fraction of sp³-hybridized carbons (Fsp3) is 0.154. The molecular weight excluding hydrogens is 470 g/mol. The van der Waals surface area contributed by atoms with Gasteiger partial charge in [-0.15, -0.1) is 0 Å². The van der Waals surface area contributed by atoms with Crippen LogP contribution in [0.1, 0.15) is 23.6 Å². The molecule has 35 heavy (non-hydrogen) atoms. The number of nitrogens with one attached hydrogen (secondary N) is 1. The minimum atomic E-state index is -0.497. The number of amides is 1. The third-order valence-corrected chi connectivity index (χ3v) is 5.31. The lowest BCUT2D eigenvalue weighted by Gasteiger charge is -2.13. The number of ether oxygens (including phenoxy) is 2. The van der Waals surface area contributed by atoms with E-state index in [0.717, 1.165) is 5.56 Å². The van der Waals surface area contributed by atoms with Crippen molar-refractivity contribution in [2.45, 2.75) is 13.8 Å². The summed E-state index contributed by atoms with van der Waals surface area (Å²) in [6.45, 7) is 3.81. The highest BCUT2D eigenvalue weighted by Gasteiger charge is 2.11. The summed E-state index contributed by atoms with van der Waals surface area (Å²) in [6.07, 6.45) is 1.64. The molecule has 3 aromatic carbocycles. The first-order valence-electron chi connectivity index (χ1n) is 10.6. The summed E-state index contributed by atoms with van der Waals surface area (Å²) in [4.78, 5) is 22.7. The second-order valence-electron chi connectivity index (χ2n) is 7.41. The average Bonchev–Trinajstić information content (AvgIpc) is 2.84. The molecule has 0 saturated carbocycles. The van der Waals surface area contributed by atoms with Crippen molar-refractivity contribution in [2.75, 3.05) is 18.5 Å². The van der Waals surface area contributed by atoms with Crippen molar-refractivity contribution in [2.24, 2.45) is 0 Å². The van der Waals surface area contributed by atoms with Gasteiger partial charge in [-0.05, 0) is 73.0 Å². The summed E-state index contributed by atoms with van der Waals surface area (Å²) >= 11 is 6.09. The van der Waals surface area contributed by atoms with Gasteiger partial charge in [-0.1, -0.05) is 23.7 Å². The number of hydrogen-bond donors (Lipinski definition) is 1. The Morgan fingerprint density at radius 1 is 1.11 bits per heavy atom. The van der Waals surface area contributed by atoms with Crippen LogP contribution in [0.2, 0.25) is 5.02 Å². The fourth-order valence-electron chi connectivity index (χ4n) is 3.12. The number of anilines is 1. The normalized spacial score (nSPS) is 10.9. The van der Waals surface area contributed by atoms with Gasteiger partial charge in [0.05, 0.1) is 23.2 Å². The molecule has 3 rings (SSSR count). The van der Waals surface area contributed by atoms with Crippen LogP contribution in [0.3, 0.4) is 0 Å². The highest BCUT2D eigenvalue weighted by molar-refractivity contribution is 6.31. The molecule has 0 unspecified atom stereocenters. The number of carbonyl (C=O) groups excluding carboxylic acids is 1. The minimum Gasteiger partial charge on any atom is -0.490 e. The predicted octanol–water partition coefficient (Wildman–Crippen LogP) is 6.04. The van der Waals surface area contributed by atoms with Crippen LogP contribution in [0.4, 0.5) is 11.4 Å². The van der Waals surface area contributed by atoms with E-state index in [2.05, 4.69) is 11.4 Å². The Bertz CT molecular complexity index is 1310. The van der Waals surface area contributed by atoms with Gasteiger partial charge < -0.3 is 14.8 Å². The van der Waals surface area contributed by atoms with Crippen LogP contribution in [-0.2, 0) is 4.79 Å². The number of carbonyl (C=O) groups is 1. The number of hydrogen-bond acceptors (Lipinski definition) is 6. The van der Waals surface area contributed by atoms with Crippen molar-refractivity contribution >= 4 is 40.5 Å². The molecule has 0 fully saturated rings. The van der Waals surface area contributed by atoms with Crippen molar-refractivity contribution in [3.63, 3.8) is 0 Å². The quantitative estimate of drug-likeness (QED) is 0.169. The summed E-state index contributed by atoms with van der Waals surface area (Å²) < 4.78 is 11.3. The first-order chi connectivity index (χ1) is 16.8. The van der Waals surface area contributed by atoms with E-state index in [1.165, 1.54) is 24.3 Å². The van der Waals surface area contributed by atoms with Gasteiger partial charge in [0.1, 0.15) is 0 Å². The monoisotopic (exact) mass is 491 g/mol. The Morgan fingerprint density at radius 3 is 2.49 bits per heavy atom. The second kappa shape index (κ2) is 11.7. The molecule has 1 N–H and O–H groups in total. The number of non-ortho nitro benzene ring substituents is 1. The topological polar surface area (TPSA) is 114 Å². The second-order valence-corrected chi connectivity index (χ2v) is 7.82. The lowest BCUT2D eigenvalue weighted by Crippen LogP contribution is -2.20. The number of nitro groups is 1. The number of halogens is 1. The molecule has 0 aliphatic rings. The molecule has 9 heteroatoms. The summed E-state index contributed by atoms with van der Waals surface area (Å²) in [5.41, 5.74) is 2.95. The maximum absolute atomic E-state index is 12.3. The van der Waals surface area contributed by atoms with E-state index in [1.807, 2.05) is 19.9 Å². The van der Waals surface area contributed by atoms with Gasteiger partial charge in [0.25, 0.3) is 11.6 Å². The number of benzene rings is 3. The first-order valence-corrected chi connectivity index (χ1v) is 11.0. The Kier molecular flexibility index (Phi) is 8.43. The molecule has 8 nitrogen and oxygen atoms in total. The van der Waals surface area contributed by atoms with Crippen LogP contribution in [0.5, 0.6) is 11.5 Å². The molecular formula is C26H22ClN3O5. The fourth-order valence-corrected chi connectivity index (χ4v) is 3.30. The molecule has 0 aliphatic carbocycles. The van der Waals surface area contributed by atoms with Crippen molar-refractivity contribution < 1.29 is 19.2 Å². The summed E-state index contributed by atoms with van der Waals surface area (Å²) in [5.74, 6) is 0.421. The molecule has 1 amide bonds. The number of aryl methyl sites for hydroxylation is 1. The van der Waals surface area contributed by atoms with Gasteiger partial charge in [0, 0.05) is 22.8 Å². The highest BCUT2D eigenvalue weighted by atomic mass is 35.5. The van der Waals surface area contributed by atoms with Crippen LogP contribution in [-0.4, -0.2) is 24.0 Å². The molecule has 178 valence electrons. The molecule has 0 heterocycles. The molecule has 0 bridgehead atoms. The Morgan fingerprint density at radius 2 is 1.86 bits per heavy atom. The zero-order valence-electron chi connectivity index (χ0n) is 19.1. The van der Waals surface area contributed by atoms with Gasteiger partial charge >= 0.3 is 0 Å². The molecule has 0 atom stereocenters. The number of rotatable bonds is 9. The molecule has 0 spiro atoms. The van der Waals surface area contributed by atoms with E-state index in [0.29, 0.717) is 45.5 Å². The van der Waals surface area contributed by atoms with Crippen LogP contribution in [0, 0.1) is 28.4 Å². The first kappa shape index (κ1) is 25.3. The third kappa shape index (κ3) is 6.82. The van der Waals surface area contributed by atoms with Gasteiger partial charge in [-0.25, -0.2) is 0 Å². The Hall–Kier alpha value is -4.35. The number of nitro benzene ring substituents is 1. The van der Waals surface area contributed by atoms with Crippen molar-refractivity contribution in [1.29, 1.82) is 5.26 Å². The molecule has 0 aromatic heterocycles. The molecule has 0 aliphatic heterocycles. The van der Waals surface area contributed by atoms with E-state index >= 15 is 0 Å². The standard InChI is InChI=1S/C26H22ClN3O5/c1-3-34-25-13-18(12-20(15-28)19-6-9-22(10-7-19)30(32)33)5-11-24(25)35-16-26(31)29-21-8-4-17(2)23(27)14-21/h4-14H,3,16H2,1-2H3,(H,29,31)/b20-12+. The average molecular weight is 492 g/mol. The van der Waals surface area contributed by atoms with Gasteiger partial charge in [0.15, 0.2) is 18.1 Å². The van der Waals surface area contributed by atoms with Crippen molar-refractivity contribution in [3.05, 3.63) is 92.5 Å². The number of allylic oxidation sites excluding steroid dienone is 1.